The molecule has 22 heavy (non-hydrogen) atoms. The molecule has 2 aromatic carbocycles. The number of halogens is 1. The molecule has 5 nitrogen and oxygen atoms in total. The third kappa shape index (κ3) is 2.51. The van der Waals surface area contributed by atoms with Crippen molar-refractivity contribution in [3.05, 3.63) is 59.1 Å². The van der Waals surface area contributed by atoms with Gasteiger partial charge in [0, 0.05) is 0 Å². The smallest absolute Gasteiger partial charge is 0.346 e. The summed E-state index contributed by atoms with van der Waals surface area (Å²) >= 11 is 6.07. The normalized spacial score (nSPS) is 16.6. The highest BCUT2D eigenvalue weighted by Gasteiger charge is 2.34. The standard InChI is InChI=1S/C16H12ClNO4/c17-11-6-2-1-5-10(11)15(19)18-9-14(16(20)21)22-13-8-4-3-7-12(13)18/h1-8,14H,9H2,(H,20,21)/t14-/m1/s1. The lowest BCUT2D eigenvalue weighted by atomic mass is 10.1. The van der Waals surface area contributed by atoms with E-state index >= 15 is 0 Å². The number of carbonyl (C=O) groups excluding carboxylic acids is 1. The van der Waals surface area contributed by atoms with Gasteiger partial charge in [0.2, 0.25) is 6.10 Å². The largest absolute Gasteiger partial charge is 0.478 e. The minimum absolute atomic E-state index is 0.0730. The van der Waals surface area contributed by atoms with Crippen molar-refractivity contribution in [3.63, 3.8) is 0 Å². The van der Waals surface area contributed by atoms with Gasteiger partial charge in [-0.25, -0.2) is 4.79 Å². The van der Waals surface area contributed by atoms with Crippen LogP contribution in [0.1, 0.15) is 10.4 Å². The zero-order valence-corrected chi connectivity index (χ0v) is 12.2. The van der Waals surface area contributed by atoms with Crippen LogP contribution in [-0.4, -0.2) is 29.6 Å². The highest BCUT2D eigenvalue weighted by Crippen LogP contribution is 2.34. The van der Waals surface area contributed by atoms with E-state index in [9.17, 15) is 14.7 Å². The number of hydrogen-bond donors (Lipinski definition) is 1. The van der Waals surface area contributed by atoms with E-state index in [0.717, 1.165) is 0 Å². The third-order valence-corrected chi connectivity index (χ3v) is 3.73. The number of hydrogen-bond acceptors (Lipinski definition) is 3. The summed E-state index contributed by atoms with van der Waals surface area (Å²) in [6.07, 6.45) is -1.11. The summed E-state index contributed by atoms with van der Waals surface area (Å²) in [6, 6.07) is 13.5. The van der Waals surface area contributed by atoms with Gasteiger partial charge in [0.15, 0.2) is 0 Å². The first-order valence-electron chi connectivity index (χ1n) is 6.63. The van der Waals surface area contributed by atoms with Crippen LogP contribution in [0.15, 0.2) is 48.5 Å². The Bertz CT molecular complexity index is 746. The molecule has 1 amide bonds. The van der Waals surface area contributed by atoms with Crippen molar-refractivity contribution >= 4 is 29.2 Å². The molecule has 1 atom stereocenters. The molecule has 0 fully saturated rings. The minimum atomic E-state index is -1.12. The summed E-state index contributed by atoms with van der Waals surface area (Å²) in [4.78, 5) is 25.4. The van der Waals surface area contributed by atoms with Gasteiger partial charge in [0.1, 0.15) is 5.75 Å². The minimum Gasteiger partial charge on any atom is -0.478 e. The maximum Gasteiger partial charge on any atom is 0.346 e. The maximum absolute atomic E-state index is 12.7. The number of carboxylic acid groups (broad SMARTS) is 1. The van der Waals surface area contributed by atoms with Gasteiger partial charge in [-0.3, -0.25) is 4.79 Å². The van der Waals surface area contributed by atoms with Gasteiger partial charge in [-0.2, -0.15) is 0 Å². The number of rotatable bonds is 2. The molecule has 0 bridgehead atoms. The zero-order chi connectivity index (χ0) is 15.7. The summed E-state index contributed by atoms with van der Waals surface area (Å²) in [5, 5.41) is 9.52. The number of ether oxygens (including phenoxy) is 1. The van der Waals surface area contributed by atoms with Crippen LogP contribution in [0.2, 0.25) is 5.02 Å². The lowest BCUT2D eigenvalue weighted by Crippen LogP contribution is -2.47. The van der Waals surface area contributed by atoms with Crippen LogP contribution in [0.5, 0.6) is 5.75 Å². The SMILES string of the molecule is O=C(O)[C@H]1CN(C(=O)c2ccccc2Cl)c2ccccc2O1. The maximum atomic E-state index is 12.7. The van der Waals surface area contributed by atoms with Gasteiger partial charge in [-0.1, -0.05) is 35.9 Å². The van der Waals surface area contributed by atoms with Crippen LogP contribution in [0, 0.1) is 0 Å². The second-order valence-corrected chi connectivity index (χ2v) is 5.22. The molecule has 3 rings (SSSR count). The van der Waals surface area contributed by atoms with Crippen molar-refractivity contribution in [2.24, 2.45) is 0 Å². The van der Waals surface area contributed by atoms with Crippen molar-refractivity contribution in [3.8, 4) is 5.75 Å². The summed E-state index contributed by atoms with van der Waals surface area (Å²) in [7, 11) is 0. The number of fused-ring (bicyclic) bond motifs is 1. The second-order valence-electron chi connectivity index (χ2n) is 4.81. The van der Waals surface area contributed by atoms with Gasteiger partial charge >= 0.3 is 5.97 Å². The Morgan fingerprint density at radius 3 is 2.55 bits per heavy atom. The number of benzene rings is 2. The average molecular weight is 318 g/mol. The van der Waals surface area contributed by atoms with Crippen molar-refractivity contribution in [1.82, 2.24) is 0 Å². The molecule has 0 aromatic heterocycles. The molecule has 1 aliphatic rings. The Kier molecular flexibility index (Phi) is 3.73. The number of carbonyl (C=O) groups is 2. The molecule has 1 aliphatic heterocycles. The fourth-order valence-electron chi connectivity index (χ4n) is 2.34. The van der Waals surface area contributed by atoms with E-state index in [0.29, 0.717) is 22.0 Å². The molecular weight excluding hydrogens is 306 g/mol. The Morgan fingerprint density at radius 1 is 1.14 bits per heavy atom. The monoisotopic (exact) mass is 317 g/mol. The van der Waals surface area contributed by atoms with E-state index in [2.05, 4.69) is 0 Å². The average Bonchev–Trinajstić information content (AvgIpc) is 2.53. The Hall–Kier alpha value is -2.53. The van der Waals surface area contributed by atoms with E-state index in [4.69, 9.17) is 16.3 Å². The van der Waals surface area contributed by atoms with Crippen molar-refractivity contribution in [1.29, 1.82) is 0 Å². The summed E-state index contributed by atoms with van der Waals surface area (Å²) < 4.78 is 5.41. The lowest BCUT2D eigenvalue weighted by molar-refractivity contribution is -0.144. The molecule has 0 unspecified atom stereocenters. The number of aliphatic carboxylic acids is 1. The molecular formula is C16H12ClNO4. The Balaban J connectivity index is 2.03. The van der Waals surface area contributed by atoms with E-state index < -0.39 is 12.1 Å². The zero-order valence-electron chi connectivity index (χ0n) is 11.4. The van der Waals surface area contributed by atoms with Gasteiger partial charge in [0.25, 0.3) is 5.91 Å². The van der Waals surface area contributed by atoms with E-state index in [1.165, 1.54) is 4.90 Å². The first-order chi connectivity index (χ1) is 10.6. The number of amides is 1. The van der Waals surface area contributed by atoms with Gasteiger partial charge in [-0.15, -0.1) is 0 Å². The quantitative estimate of drug-likeness (QED) is 0.925. The molecule has 112 valence electrons. The fourth-order valence-corrected chi connectivity index (χ4v) is 2.55. The molecule has 0 radical (unpaired) electrons. The van der Waals surface area contributed by atoms with Crippen LogP contribution in [0.4, 0.5) is 5.69 Å². The van der Waals surface area contributed by atoms with E-state index in [-0.39, 0.29) is 12.5 Å². The summed E-state index contributed by atoms with van der Waals surface area (Å²) in [5.74, 6) is -1.11. The molecule has 6 heteroatoms. The first-order valence-corrected chi connectivity index (χ1v) is 7.00. The molecule has 0 spiro atoms. The van der Waals surface area contributed by atoms with Crippen molar-refractivity contribution in [2.45, 2.75) is 6.10 Å². The highest BCUT2D eigenvalue weighted by molar-refractivity contribution is 6.34. The Labute approximate surface area is 131 Å². The summed E-state index contributed by atoms with van der Waals surface area (Å²) in [5.41, 5.74) is 0.856. The molecule has 1 N–H and O–H groups in total. The molecule has 1 heterocycles. The van der Waals surface area contributed by atoms with Crippen LogP contribution in [0.25, 0.3) is 0 Å². The number of nitrogens with zero attached hydrogens (tertiary/aromatic N) is 1. The van der Waals surface area contributed by atoms with Crippen LogP contribution >= 0.6 is 11.6 Å². The first kappa shape index (κ1) is 14.4. The van der Waals surface area contributed by atoms with Gasteiger partial charge in [-0.05, 0) is 24.3 Å². The molecule has 0 aliphatic carbocycles. The molecule has 2 aromatic rings. The van der Waals surface area contributed by atoms with Crippen molar-refractivity contribution in [2.75, 3.05) is 11.4 Å². The van der Waals surface area contributed by atoms with Crippen LogP contribution in [-0.2, 0) is 4.79 Å². The van der Waals surface area contributed by atoms with Crippen molar-refractivity contribution < 1.29 is 19.4 Å². The van der Waals surface area contributed by atoms with Gasteiger partial charge in [0.05, 0.1) is 22.8 Å². The van der Waals surface area contributed by atoms with E-state index in [1.54, 1.807) is 48.5 Å². The topological polar surface area (TPSA) is 66.8 Å². The second kappa shape index (κ2) is 5.69. The fraction of sp³-hybridized carbons (Fsp3) is 0.125. The van der Waals surface area contributed by atoms with E-state index in [1.807, 2.05) is 0 Å². The molecule has 0 saturated heterocycles. The van der Waals surface area contributed by atoms with Crippen LogP contribution in [0.3, 0.4) is 0 Å². The molecule has 0 saturated carbocycles. The predicted octanol–water partition coefficient (Wildman–Crippen LogP) is 2.83. The van der Waals surface area contributed by atoms with Gasteiger partial charge < -0.3 is 14.7 Å². The lowest BCUT2D eigenvalue weighted by Gasteiger charge is -2.33. The summed E-state index contributed by atoms with van der Waals surface area (Å²) in [6.45, 7) is -0.0730. The Morgan fingerprint density at radius 2 is 1.82 bits per heavy atom. The highest BCUT2D eigenvalue weighted by atomic mass is 35.5. The number of anilines is 1. The number of para-hydroxylation sites is 2. The third-order valence-electron chi connectivity index (χ3n) is 3.40. The predicted molar refractivity (Wildman–Crippen MR) is 81.6 cm³/mol. The number of carboxylic acids is 1. The van der Waals surface area contributed by atoms with Crippen LogP contribution < -0.4 is 9.64 Å².